The van der Waals surface area contributed by atoms with Gasteiger partial charge in [-0.1, -0.05) is 0 Å². The summed E-state index contributed by atoms with van der Waals surface area (Å²) in [5.74, 6) is 3.41. The van der Waals surface area contributed by atoms with Gasteiger partial charge >= 0.3 is 0 Å². The van der Waals surface area contributed by atoms with E-state index in [9.17, 15) is 8.78 Å². The van der Waals surface area contributed by atoms with Crippen molar-refractivity contribution < 1.29 is 8.78 Å². The van der Waals surface area contributed by atoms with Gasteiger partial charge in [0.2, 0.25) is 5.95 Å². The van der Waals surface area contributed by atoms with Crippen molar-refractivity contribution in [2.45, 2.75) is 31.7 Å². The summed E-state index contributed by atoms with van der Waals surface area (Å²) in [4.78, 5) is 15.2. The highest BCUT2D eigenvalue weighted by Crippen LogP contribution is 2.38. The first-order valence-electron chi connectivity index (χ1n) is 10.4. The Morgan fingerprint density at radius 3 is 2.16 bits per heavy atom. The number of halogens is 2. The minimum Gasteiger partial charge on any atom is -0.368 e. The zero-order chi connectivity index (χ0) is 21.5. The van der Waals surface area contributed by atoms with Crippen molar-refractivity contribution in [3.63, 3.8) is 0 Å². The maximum atomic E-state index is 13.8. The van der Waals surface area contributed by atoms with Crippen LogP contribution in [0.15, 0.2) is 30.7 Å². The van der Waals surface area contributed by atoms with Gasteiger partial charge in [0.25, 0.3) is 0 Å². The van der Waals surface area contributed by atoms with Crippen LogP contribution in [0.2, 0.25) is 0 Å². The second-order valence-electron chi connectivity index (χ2n) is 8.17. The number of terminal acetylenes is 1. The first-order chi connectivity index (χ1) is 15.0. The quantitative estimate of drug-likeness (QED) is 0.658. The molecular weight excluding hydrogens is 398 g/mol. The topological polar surface area (TPSA) is 72.9 Å². The fourth-order valence-electron chi connectivity index (χ4n) is 4.66. The number of anilines is 2. The molecule has 0 unspecified atom stereocenters. The number of nitrogens with two attached hydrogens (primary N) is 1. The predicted molar refractivity (Wildman–Crippen MR) is 114 cm³/mol. The average Bonchev–Trinajstić information content (AvgIpc) is 3.39. The molecule has 0 spiro atoms. The zero-order valence-corrected chi connectivity index (χ0v) is 16.9. The van der Waals surface area contributed by atoms with E-state index in [1.165, 1.54) is 12.1 Å². The summed E-state index contributed by atoms with van der Waals surface area (Å²) >= 11 is 0. The van der Waals surface area contributed by atoms with Crippen molar-refractivity contribution in [1.82, 2.24) is 19.5 Å². The fourth-order valence-corrected chi connectivity index (χ4v) is 4.66. The smallest absolute Gasteiger partial charge is 0.219 e. The Hall–Kier alpha value is -3.47. The number of hydrogen-bond donors (Lipinski definition) is 1. The van der Waals surface area contributed by atoms with E-state index in [0.717, 1.165) is 48.4 Å². The summed E-state index contributed by atoms with van der Waals surface area (Å²) in [5, 5.41) is 0. The third-order valence-corrected chi connectivity index (χ3v) is 6.28. The van der Waals surface area contributed by atoms with E-state index in [1.54, 1.807) is 12.4 Å². The standard InChI is InChI=1S/C23H22F2N6/c1-2-14-3-5-30(6-4-14)21-13-27-22(17-11-28-23(26)29-12-17)31(21)18-7-15-9-19(24)20(25)10-16(15)8-18/h1,9-14,18H,3-8H2,(H2,26,28,29). The highest BCUT2D eigenvalue weighted by Gasteiger charge is 2.31. The number of nitrogens with zero attached hydrogens (tertiary/aromatic N) is 5. The minimum atomic E-state index is -0.811. The van der Waals surface area contributed by atoms with Crippen molar-refractivity contribution in [2.24, 2.45) is 5.92 Å². The average molecular weight is 420 g/mol. The molecule has 2 N–H and O–H groups in total. The number of aromatic nitrogens is 4. The summed E-state index contributed by atoms with van der Waals surface area (Å²) in [5.41, 5.74) is 8.05. The van der Waals surface area contributed by atoms with Crippen LogP contribution in [0.1, 0.15) is 30.0 Å². The van der Waals surface area contributed by atoms with Crippen molar-refractivity contribution in [2.75, 3.05) is 23.7 Å². The fraction of sp³-hybridized carbons (Fsp3) is 0.348. The summed E-state index contributed by atoms with van der Waals surface area (Å²) in [6, 6.07) is 2.60. The molecule has 0 radical (unpaired) electrons. The Morgan fingerprint density at radius 1 is 0.968 bits per heavy atom. The van der Waals surface area contributed by atoms with Crippen LogP contribution >= 0.6 is 0 Å². The van der Waals surface area contributed by atoms with Gasteiger partial charge in [-0.25, -0.2) is 23.7 Å². The Labute approximate surface area is 179 Å². The monoisotopic (exact) mass is 420 g/mol. The number of fused-ring (bicyclic) bond motifs is 1. The van der Waals surface area contributed by atoms with E-state index in [0.29, 0.717) is 24.6 Å². The SMILES string of the molecule is C#CC1CCN(c2cnc(-c3cnc(N)nc3)n2C2Cc3cc(F)c(F)cc3C2)CC1. The van der Waals surface area contributed by atoms with Gasteiger partial charge in [0.1, 0.15) is 11.6 Å². The van der Waals surface area contributed by atoms with Crippen LogP contribution in [0, 0.1) is 29.9 Å². The molecule has 0 saturated carbocycles. The lowest BCUT2D eigenvalue weighted by atomic mass is 9.98. The molecule has 1 aliphatic heterocycles. The summed E-state index contributed by atoms with van der Waals surface area (Å²) in [6.45, 7) is 1.67. The molecule has 0 atom stereocenters. The Morgan fingerprint density at radius 2 is 1.58 bits per heavy atom. The zero-order valence-electron chi connectivity index (χ0n) is 16.9. The predicted octanol–water partition coefficient (Wildman–Crippen LogP) is 3.39. The van der Waals surface area contributed by atoms with E-state index in [2.05, 4.69) is 30.3 Å². The molecule has 0 amide bonds. The van der Waals surface area contributed by atoms with Crippen LogP contribution < -0.4 is 10.6 Å². The van der Waals surface area contributed by atoms with Gasteiger partial charge in [-0.15, -0.1) is 12.3 Å². The maximum absolute atomic E-state index is 13.8. The number of nitrogen functional groups attached to an aromatic ring is 1. The largest absolute Gasteiger partial charge is 0.368 e. The third-order valence-electron chi connectivity index (χ3n) is 6.28. The lowest BCUT2D eigenvalue weighted by Crippen LogP contribution is -2.35. The lowest BCUT2D eigenvalue weighted by Gasteiger charge is -2.33. The normalized spacial score (nSPS) is 17.0. The van der Waals surface area contributed by atoms with Crippen molar-refractivity contribution >= 4 is 11.8 Å². The van der Waals surface area contributed by atoms with Gasteiger partial charge in [0.05, 0.1) is 11.8 Å². The summed E-state index contributed by atoms with van der Waals surface area (Å²) in [7, 11) is 0. The minimum absolute atomic E-state index is 0.0217. The Balaban J connectivity index is 1.55. The van der Waals surface area contributed by atoms with E-state index >= 15 is 0 Å². The molecule has 1 aromatic carbocycles. The summed E-state index contributed by atoms with van der Waals surface area (Å²) in [6.07, 6.45) is 13.8. The van der Waals surface area contributed by atoms with Crippen LogP contribution in [0.4, 0.5) is 20.5 Å². The molecule has 1 aliphatic carbocycles. The van der Waals surface area contributed by atoms with E-state index in [4.69, 9.17) is 12.2 Å². The second kappa shape index (κ2) is 7.65. The van der Waals surface area contributed by atoms with Gasteiger partial charge in [0.15, 0.2) is 11.6 Å². The third kappa shape index (κ3) is 3.50. The molecule has 2 aromatic heterocycles. The Kier molecular flexibility index (Phi) is 4.81. The molecule has 3 aromatic rings. The highest BCUT2D eigenvalue weighted by atomic mass is 19.2. The van der Waals surface area contributed by atoms with Crippen molar-refractivity contribution in [3.8, 4) is 23.7 Å². The van der Waals surface area contributed by atoms with Crippen molar-refractivity contribution in [1.29, 1.82) is 0 Å². The van der Waals surface area contributed by atoms with Gasteiger partial charge in [-0.05, 0) is 48.9 Å². The molecule has 6 nitrogen and oxygen atoms in total. The molecule has 1 fully saturated rings. The van der Waals surface area contributed by atoms with Gasteiger partial charge in [0, 0.05) is 37.4 Å². The number of piperidine rings is 1. The molecule has 0 bridgehead atoms. The number of imidazole rings is 1. The number of benzene rings is 1. The van der Waals surface area contributed by atoms with Crippen LogP contribution in [-0.4, -0.2) is 32.6 Å². The first kappa shape index (κ1) is 19.5. The second-order valence-corrected chi connectivity index (χ2v) is 8.17. The van der Waals surface area contributed by atoms with Crippen LogP contribution in [0.5, 0.6) is 0 Å². The lowest BCUT2D eigenvalue weighted by molar-refractivity contribution is 0.469. The van der Waals surface area contributed by atoms with Crippen LogP contribution in [0.3, 0.4) is 0 Å². The Bertz CT molecular complexity index is 1130. The molecule has 8 heteroatoms. The molecule has 1 saturated heterocycles. The summed E-state index contributed by atoms with van der Waals surface area (Å²) < 4.78 is 29.8. The van der Waals surface area contributed by atoms with Gasteiger partial charge in [-0.2, -0.15) is 0 Å². The first-order valence-corrected chi connectivity index (χ1v) is 10.4. The molecule has 31 heavy (non-hydrogen) atoms. The molecule has 2 aliphatic rings. The molecule has 5 rings (SSSR count). The van der Waals surface area contributed by atoms with Gasteiger partial charge < -0.3 is 15.2 Å². The number of rotatable bonds is 3. The number of hydrogen-bond acceptors (Lipinski definition) is 5. The van der Waals surface area contributed by atoms with E-state index in [-0.39, 0.29) is 12.0 Å². The van der Waals surface area contributed by atoms with E-state index in [1.807, 2.05) is 6.20 Å². The molecule has 3 heterocycles. The van der Waals surface area contributed by atoms with Crippen LogP contribution in [0.25, 0.3) is 11.4 Å². The maximum Gasteiger partial charge on any atom is 0.219 e. The highest BCUT2D eigenvalue weighted by molar-refractivity contribution is 5.59. The molecule has 158 valence electrons. The van der Waals surface area contributed by atoms with Crippen LogP contribution in [-0.2, 0) is 12.8 Å². The van der Waals surface area contributed by atoms with Gasteiger partial charge in [-0.3, -0.25) is 0 Å². The van der Waals surface area contributed by atoms with E-state index < -0.39 is 11.6 Å². The van der Waals surface area contributed by atoms with Crippen molar-refractivity contribution in [3.05, 3.63) is 53.5 Å². The molecular formula is C23H22F2N6.